The Morgan fingerprint density at radius 3 is 2.41 bits per heavy atom. The number of carboxylic acids is 1. The van der Waals surface area contributed by atoms with Crippen molar-refractivity contribution in [1.29, 1.82) is 0 Å². The number of hydrogen-bond acceptors (Lipinski definition) is 4. The van der Waals surface area contributed by atoms with Crippen LogP contribution in [0.15, 0.2) is 18.2 Å². The number of rotatable bonds is 4. The highest BCUT2D eigenvalue weighted by molar-refractivity contribution is 6.21. The van der Waals surface area contributed by atoms with Crippen molar-refractivity contribution >= 4 is 23.7 Å². The second-order valence-electron chi connectivity index (χ2n) is 5.35. The van der Waals surface area contributed by atoms with Crippen molar-refractivity contribution in [3.8, 4) is 0 Å². The number of nitrogens with zero attached hydrogens (tertiary/aromatic N) is 2. The molecule has 0 saturated heterocycles. The van der Waals surface area contributed by atoms with E-state index in [-0.39, 0.29) is 23.2 Å². The third-order valence-corrected chi connectivity index (χ3v) is 3.65. The smallest absolute Gasteiger partial charge is 0.308 e. The first kappa shape index (κ1) is 15.7. The highest BCUT2D eigenvalue weighted by Gasteiger charge is 2.33. The molecular weight excluding hydrogens is 288 g/mol. The fourth-order valence-electron chi connectivity index (χ4n) is 2.29. The minimum atomic E-state index is -0.990. The van der Waals surface area contributed by atoms with Crippen molar-refractivity contribution in [2.75, 3.05) is 20.6 Å². The number of carbonyl (C=O) groups excluding carboxylic acids is 3. The Bertz CT molecular complexity index is 683. The molecule has 1 N–H and O–H groups in total. The molecule has 0 fully saturated rings. The van der Waals surface area contributed by atoms with Crippen molar-refractivity contribution in [3.63, 3.8) is 0 Å². The first-order valence-electron chi connectivity index (χ1n) is 6.68. The normalized spacial score (nSPS) is 14.8. The third-order valence-electron chi connectivity index (χ3n) is 3.65. The van der Waals surface area contributed by atoms with Gasteiger partial charge >= 0.3 is 5.97 Å². The standard InChI is InChI=1S/C15H16N2O5/c1-8(15(21)22)7-16(2)12(18)9-4-5-10-11(6-9)14(20)17(3)13(10)19/h4-6,8H,7H2,1-3H3,(H,21,22). The van der Waals surface area contributed by atoms with E-state index in [0.29, 0.717) is 0 Å². The first-order valence-corrected chi connectivity index (χ1v) is 6.68. The molecule has 1 unspecified atom stereocenters. The van der Waals surface area contributed by atoms with Crippen LogP contribution < -0.4 is 0 Å². The summed E-state index contributed by atoms with van der Waals surface area (Å²) in [5, 5.41) is 8.88. The van der Waals surface area contributed by atoms with E-state index in [1.165, 1.54) is 44.1 Å². The van der Waals surface area contributed by atoms with Gasteiger partial charge in [-0.15, -0.1) is 0 Å². The summed E-state index contributed by atoms with van der Waals surface area (Å²) < 4.78 is 0. The molecule has 1 heterocycles. The molecule has 3 amide bonds. The number of hydrogen-bond donors (Lipinski definition) is 1. The fraction of sp³-hybridized carbons (Fsp3) is 0.333. The van der Waals surface area contributed by atoms with Crippen molar-refractivity contribution in [2.45, 2.75) is 6.92 Å². The summed E-state index contributed by atoms with van der Waals surface area (Å²) in [6, 6.07) is 4.29. The Kier molecular flexibility index (Phi) is 3.99. The zero-order valence-electron chi connectivity index (χ0n) is 12.5. The maximum Gasteiger partial charge on any atom is 0.308 e. The zero-order valence-corrected chi connectivity index (χ0v) is 12.5. The summed E-state index contributed by atoms with van der Waals surface area (Å²) in [7, 11) is 2.88. The van der Waals surface area contributed by atoms with Gasteiger partial charge in [0.25, 0.3) is 17.7 Å². The topological polar surface area (TPSA) is 95.0 Å². The van der Waals surface area contributed by atoms with Crippen LogP contribution in [0.5, 0.6) is 0 Å². The summed E-state index contributed by atoms with van der Waals surface area (Å²) in [5.41, 5.74) is 0.707. The van der Waals surface area contributed by atoms with Gasteiger partial charge in [-0.2, -0.15) is 0 Å². The second kappa shape index (κ2) is 5.59. The SMILES string of the molecule is CC(CN(C)C(=O)c1ccc2c(c1)C(=O)N(C)C2=O)C(=O)O. The molecule has 2 rings (SSSR count). The molecule has 1 aromatic rings. The quantitative estimate of drug-likeness (QED) is 0.826. The molecule has 1 atom stereocenters. The van der Waals surface area contributed by atoms with Crippen LogP contribution in [0.4, 0.5) is 0 Å². The molecular formula is C15H16N2O5. The van der Waals surface area contributed by atoms with Gasteiger partial charge in [-0.3, -0.25) is 24.1 Å². The zero-order chi connectivity index (χ0) is 16.6. The van der Waals surface area contributed by atoms with Gasteiger partial charge in [-0.1, -0.05) is 6.92 Å². The summed E-state index contributed by atoms with van der Waals surface area (Å²) in [4.78, 5) is 49.1. The van der Waals surface area contributed by atoms with Gasteiger partial charge in [-0.05, 0) is 18.2 Å². The maximum atomic E-state index is 12.3. The molecule has 0 saturated carbocycles. The van der Waals surface area contributed by atoms with Crippen molar-refractivity contribution in [2.24, 2.45) is 5.92 Å². The van der Waals surface area contributed by atoms with Crippen LogP contribution in [0.3, 0.4) is 0 Å². The van der Waals surface area contributed by atoms with E-state index in [1.54, 1.807) is 0 Å². The van der Waals surface area contributed by atoms with Gasteiger partial charge in [0, 0.05) is 26.2 Å². The average Bonchev–Trinajstić information content (AvgIpc) is 2.70. The highest BCUT2D eigenvalue weighted by Crippen LogP contribution is 2.23. The molecule has 0 bridgehead atoms. The lowest BCUT2D eigenvalue weighted by atomic mass is 10.0. The monoisotopic (exact) mass is 304 g/mol. The number of imide groups is 1. The average molecular weight is 304 g/mol. The van der Waals surface area contributed by atoms with Crippen molar-refractivity contribution < 1.29 is 24.3 Å². The Morgan fingerprint density at radius 2 is 1.82 bits per heavy atom. The molecule has 0 aromatic heterocycles. The van der Waals surface area contributed by atoms with E-state index in [4.69, 9.17) is 5.11 Å². The van der Waals surface area contributed by atoms with Gasteiger partial charge in [0.2, 0.25) is 0 Å². The molecule has 22 heavy (non-hydrogen) atoms. The number of fused-ring (bicyclic) bond motifs is 1. The number of benzene rings is 1. The van der Waals surface area contributed by atoms with E-state index < -0.39 is 29.6 Å². The third kappa shape index (κ3) is 2.57. The Hall–Kier alpha value is -2.70. The van der Waals surface area contributed by atoms with Crippen LogP contribution in [0.1, 0.15) is 38.0 Å². The minimum absolute atomic E-state index is 0.0536. The van der Waals surface area contributed by atoms with Gasteiger partial charge in [0.15, 0.2) is 0 Å². The second-order valence-corrected chi connectivity index (χ2v) is 5.35. The largest absolute Gasteiger partial charge is 0.481 e. The molecule has 7 nitrogen and oxygen atoms in total. The van der Waals surface area contributed by atoms with E-state index in [1.807, 2.05) is 0 Å². The van der Waals surface area contributed by atoms with Crippen LogP contribution in [0.25, 0.3) is 0 Å². The van der Waals surface area contributed by atoms with Crippen LogP contribution in [0, 0.1) is 5.92 Å². The number of aliphatic carboxylic acids is 1. The first-order chi connectivity index (χ1) is 10.2. The van der Waals surface area contributed by atoms with Gasteiger partial charge in [-0.25, -0.2) is 0 Å². The Labute approximate surface area is 127 Å². The molecule has 0 radical (unpaired) electrons. The lowest BCUT2D eigenvalue weighted by molar-refractivity contribution is -0.141. The predicted octanol–water partition coefficient (Wildman–Crippen LogP) is 0.705. The maximum absolute atomic E-state index is 12.3. The van der Waals surface area contributed by atoms with E-state index in [0.717, 1.165) is 4.90 Å². The van der Waals surface area contributed by atoms with Gasteiger partial charge in [0.05, 0.1) is 17.0 Å². The number of carbonyl (C=O) groups is 4. The molecule has 7 heteroatoms. The molecule has 1 aromatic carbocycles. The highest BCUT2D eigenvalue weighted by atomic mass is 16.4. The summed E-state index contributed by atoms with van der Waals surface area (Å²) in [6.45, 7) is 1.56. The number of carboxylic acid groups (broad SMARTS) is 1. The molecule has 1 aliphatic rings. The van der Waals surface area contributed by atoms with Crippen LogP contribution >= 0.6 is 0 Å². The van der Waals surface area contributed by atoms with E-state index in [9.17, 15) is 19.2 Å². The van der Waals surface area contributed by atoms with E-state index in [2.05, 4.69) is 0 Å². The summed E-state index contributed by atoms with van der Waals surface area (Å²) >= 11 is 0. The lowest BCUT2D eigenvalue weighted by Crippen LogP contribution is -2.33. The summed E-state index contributed by atoms with van der Waals surface area (Å²) in [5.74, 6) is -2.93. The lowest BCUT2D eigenvalue weighted by Gasteiger charge is -2.19. The van der Waals surface area contributed by atoms with Gasteiger partial charge < -0.3 is 10.0 Å². The van der Waals surface area contributed by atoms with Crippen LogP contribution in [-0.2, 0) is 4.79 Å². The van der Waals surface area contributed by atoms with Crippen LogP contribution in [-0.4, -0.2) is 59.2 Å². The predicted molar refractivity (Wildman–Crippen MR) is 76.6 cm³/mol. The van der Waals surface area contributed by atoms with Crippen molar-refractivity contribution in [3.05, 3.63) is 34.9 Å². The van der Waals surface area contributed by atoms with Crippen LogP contribution in [0.2, 0.25) is 0 Å². The molecule has 116 valence electrons. The van der Waals surface area contributed by atoms with Gasteiger partial charge in [0.1, 0.15) is 0 Å². The Morgan fingerprint density at radius 1 is 1.23 bits per heavy atom. The Balaban J connectivity index is 2.24. The minimum Gasteiger partial charge on any atom is -0.481 e. The number of amides is 3. The summed E-state index contributed by atoms with van der Waals surface area (Å²) in [6.07, 6.45) is 0. The molecule has 0 spiro atoms. The van der Waals surface area contributed by atoms with E-state index >= 15 is 0 Å². The molecule has 0 aliphatic carbocycles. The fourth-order valence-corrected chi connectivity index (χ4v) is 2.29. The van der Waals surface area contributed by atoms with Crippen molar-refractivity contribution in [1.82, 2.24) is 9.80 Å². The molecule has 1 aliphatic heterocycles.